The van der Waals surface area contributed by atoms with Gasteiger partial charge in [-0.1, -0.05) is 6.92 Å². The number of alkyl halides is 3. The van der Waals surface area contributed by atoms with Crippen molar-refractivity contribution in [2.45, 2.75) is 44.5 Å². The Labute approximate surface area is 201 Å². The zero-order valence-corrected chi connectivity index (χ0v) is 19.0. The summed E-state index contributed by atoms with van der Waals surface area (Å²) in [5, 5.41) is 11.6. The van der Waals surface area contributed by atoms with E-state index in [9.17, 15) is 36.6 Å². The summed E-state index contributed by atoms with van der Waals surface area (Å²) in [6.07, 6.45) is -2.98. The number of halogens is 5. The van der Waals surface area contributed by atoms with Crippen LogP contribution in [0.1, 0.15) is 36.5 Å². The number of rotatable bonds is 5. The summed E-state index contributed by atoms with van der Waals surface area (Å²) in [7, 11) is 0. The van der Waals surface area contributed by atoms with Crippen LogP contribution >= 0.6 is 0 Å². The highest BCUT2D eigenvalue weighted by Crippen LogP contribution is 2.25. The summed E-state index contributed by atoms with van der Waals surface area (Å²) >= 11 is 0. The van der Waals surface area contributed by atoms with Crippen molar-refractivity contribution in [2.24, 2.45) is 0 Å². The largest absolute Gasteiger partial charge is 0.408 e. The summed E-state index contributed by atoms with van der Waals surface area (Å²) in [6, 6.07) is 1.11. The molecule has 4 heterocycles. The lowest BCUT2D eigenvalue weighted by Gasteiger charge is -2.31. The number of carbonyl (C=O) groups excluding carboxylic acids is 1. The predicted octanol–water partition coefficient (Wildman–Crippen LogP) is 3.09. The predicted molar refractivity (Wildman–Crippen MR) is 120 cm³/mol. The highest BCUT2D eigenvalue weighted by atomic mass is 19.4. The average Bonchev–Trinajstić information content (AvgIpc) is 2.82. The topological polar surface area (TPSA) is 100 Å². The molecule has 1 unspecified atom stereocenters. The Morgan fingerprint density at radius 1 is 1.31 bits per heavy atom. The molecule has 36 heavy (non-hydrogen) atoms. The maximum absolute atomic E-state index is 14.7. The minimum absolute atomic E-state index is 0.144. The number of aliphatic hydroxyl groups excluding tert-OH is 1. The van der Waals surface area contributed by atoms with Crippen LogP contribution in [0, 0.1) is 11.6 Å². The lowest BCUT2D eigenvalue weighted by molar-refractivity contribution is -0.153. The second kappa shape index (κ2) is 9.80. The molecule has 0 aliphatic carbocycles. The molecular weight excluding hydrogens is 489 g/mol. The minimum Gasteiger partial charge on any atom is -0.391 e. The van der Waals surface area contributed by atoms with Crippen LogP contribution in [0.4, 0.5) is 27.8 Å². The summed E-state index contributed by atoms with van der Waals surface area (Å²) in [6.45, 7) is 2.04. The number of aromatic nitrogens is 3. The first-order chi connectivity index (χ1) is 17.0. The van der Waals surface area contributed by atoms with Gasteiger partial charge in [0.15, 0.2) is 17.3 Å². The lowest BCUT2D eigenvalue weighted by Crippen LogP contribution is -2.46. The van der Waals surface area contributed by atoms with Crippen molar-refractivity contribution in [3.8, 4) is 5.82 Å². The SMILES string of the molecule is CC[C@@H](NC(=O)c1cn(-c2ncc(F)cc2F)c2nc(N3CCCC(O)C3)ccc2c1=O)C(F)(F)F. The van der Waals surface area contributed by atoms with Crippen LogP contribution in [0.3, 0.4) is 0 Å². The first-order valence-corrected chi connectivity index (χ1v) is 11.2. The van der Waals surface area contributed by atoms with E-state index in [4.69, 9.17) is 0 Å². The van der Waals surface area contributed by atoms with E-state index in [0.29, 0.717) is 37.5 Å². The number of carbonyl (C=O) groups is 1. The molecule has 2 N–H and O–H groups in total. The molecule has 1 aliphatic rings. The lowest BCUT2D eigenvalue weighted by atomic mass is 10.1. The van der Waals surface area contributed by atoms with Gasteiger partial charge in [0.05, 0.1) is 17.7 Å². The van der Waals surface area contributed by atoms with Crippen molar-refractivity contribution in [1.82, 2.24) is 19.9 Å². The molecule has 1 fully saturated rings. The van der Waals surface area contributed by atoms with E-state index in [1.54, 1.807) is 10.2 Å². The van der Waals surface area contributed by atoms with E-state index < -0.39 is 59.1 Å². The van der Waals surface area contributed by atoms with Crippen LogP contribution in [0.15, 0.2) is 35.4 Å². The summed E-state index contributed by atoms with van der Waals surface area (Å²) in [4.78, 5) is 35.7. The number of hydrogen-bond donors (Lipinski definition) is 2. The minimum atomic E-state index is -4.75. The molecule has 2 atom stereocenters. The third kappa shape index (κ3) is 5.01. The molecule has 0 bridgehead atoms. The van der Waals surface area contributed by atoms with Crippen molar-refractivity contribution >= 4 is 22.8 Å². The third-order valence-corrected chi connectivity index (χ3v) is 5.93. The van der Waals surface area contributed by atoms with Gasteiger partial charge in [0.2, 0.25) is 5.43 Å². The number of amides is 1. The van der Waals surface area contributed by atoms with Crippen molar-refractivity contribution in [3.63, 3.8) is 0 Å². The fraction of sp³-hybridized carbons (Fsp3) is 0.391. The number of fused-ring (bicyclic) bond motifs is 1. The molecule has 3 aromatic heterocycles. The number of aliphatic hydroxyl groups is 1. The molecular formula is C23H22F5N5O3. The normalized spacial score (nSPS) is 17.3. The summed E-state index contributed by atoms with van der Waals surface area (Å²) < 4.78 is 68.8. The van der Waals surface area contributed by atoms with E-state index in [1.165, 1.54) is 19.1 Å². The average molecular weight is 511 g/mol. The van der Waals surface area contributed by atoms with Gasteiger partial charge >= 0.3 is 6.18 Å². The van der Waals surface area contributed by atoms with E-state index in [-0.39, 0.29) is 17.6 Å². The summed E-state index contributed by atoms with van der Waals surface area (Å²) in [5.41, 5.74) is -1.76. The summed E-state index contributed by atoms with van der Waals surface area (Å²) in [5.74, 6) is -3.61. The van der Waals surface area contributed by atoms with Gasteiger partial charge in [-0.05, 0) is 31.4 Å². The maximum atomic E-state index is 14.7. The maximum Gasteiger partial charge on any atom is 0.408 e. The molecule has 0 spiro atoms. The molecule has 0 radical (unpaired) electrons. The number of pyridine rings is 3. The first-order valence-electron chi connectivity index (χ1n) is 11.2. The van der Waals surface area contributed by atoms with E-state index >= 15 is 0 Å². The van der Waals surface area contributed by atoms with Crippen LogP contribution in [0.25, 0.3) is 16.9 Å². The number of β-amino-alcohol motifs (C(OH)–C–C–N with tert-alkyl or cyclic N) is 1. The van der Waals surface area contributed by atoms with Gasteiger partial charge < -0.3 is 15.3 Å². The number of hydrogen-bond acceptors (Lipinski definition) is 6. The van der Waals surface area contributed by atoms with Crippen LogP contribution < -0.4 is 15.6 Å². The van der Waals surface area contributed by atoms with Gasteiger partial charge in [-0.3, -0.25) is 14.2 Å². The number of piperidine rings is 1. The van der Waals surface area contributed by atoms with Gasteiger partial charge in [-0.2, -0.15) is 13.2 Å². The fourth-order valence-electron chi connectivity index (χ4n) is 4.09. The van der Waals surface area contributed by atoms with Gasteiger partial charge in [0, 0.05) is 25.4 Å². The highest BCUT2D eigenvalue weighted by molar-refractivity contribution is 5.97. The molecule has 1 saturated heterocycles. The zero-order valence-electron chi connectivity index (χ0n) is 19.0. The van der Waals surface area contributed by atoms with Crippen LogP contribution in [0.5, 0.6) is 0 Å². The quantitative estimate of drug-likeness (QED) is 0.511. The molecule has 13 heteroatoms. The fourth-order valence-corrected chi connectivity index (χ4v) is 4.09. The molecule has 1 aliphatic heterocycles. The Morgan fingerprint density at radius 3 is 2.69 bits per heavy atom. The van der Waals surface area contributed by atoms with E-state index in [1.807, 2.05) is 0 Å². The smallest absolute Gasteiger partial charge is 0.391 e. The van der Waals surface area contributed by atoms with Crippen molar-refractivity contribution in [1.29, 1.82) is 0 Å². The zero-order chi connectivity index (χ0) is 26.2. The Morgan fingerprint density at radius 2 is 2.06 bits per heavy atom. The van der Waals surface area contributed by atoms with Gasteiger partial charge in [-0.25, -0.2) is 18.7 Å². The van der Waals surface area contributed by atoms with Crippen molar-refractivity contribution in [3.05, 3.63) is 58.0 Å². The molecule has 1 amide bonds. The number of nitrogens with zero attached hydrogens (tertiary/aromatic N) is 4. The van der Waals surface area contributed by atoms with Crippen LogP contribution in [0.2, 0.25) is 0 Å². The van der Waals surface area contributed by atoms with Gasteiger partial charge in [0.1, 0.15) is 23.2 Å². The Bertz CT molecular complexity index is 1360. The van der Waals surface area contributed by atoms with Gasteiger partial charge in [0.25, 0.3) is 5.91 Å². The van der Waals surface area contributed by atoms with Crippen LogP contribution in [-0.2, 0) is 0 Å². The first kappa shape index (κ1) is 25.5. The molecule has 192 valence electrons. The second-order valence-electron chi connectivity index (χ2n) is 8.46. The monoisotopic (exact) mass is 511 g/mol. The Kier molecular flexibility index (Phi) is 6.94. The molecule has 3 aromatic rings. The Balaban J connectivity index is 1.90. The molecule has 8 nitrogen and oxygen atoms in total. The van der Waals surface area contributed by atoms with Crippen LogP contribution in [-0.4, -0.2) is 57.0 Å². The standard InChI is InChI=1S/C23H22F5N5O3/c1-2-17(23(26,27)28)30-22(36)15-11-33(21-16(25)8-12(24)9-29-21)20-14(19(15)35)5-6-18(31-20)32-7-3-4-13(34)10-32/h5-6,8-9,11,13,17,34H,2-4,7,10H2,1H3,(H,30,36)/t13?,17-/m1/s1. The highest BCUT2D eigenvalue weighted by Gasteiger charge is 2.39. The Hall–Kier alpha value is -3.61. The van der Waals surface area contributed by atoms with E-state index in [0.717, 1.165) is 10.8 Å². The van der Waals surface area contributed by atoms with E-state index in [2.05, 4.69) is 9.97 Å². The van der Waals surface area contributed by atoms with Crippen molar-refractivity contribution in [2.75, 3.05) is 18.0 Å². The molecule has 0 aromatic carbocycles. The number of nitrogens with one attached hydrogen (secondary N) is 1. The van der Waals surface area contributed by atoms with Crippen molar-refractivity contribution < 1.29 is 31.9 Å². The molecule has 0 saturated carbocycles. The third-order valence-electron chi connectivity index (χ3n) is 5.93. The molecule has 4 rings (SSSR count). The van der Waals surface area contributed by atoms with Gasteiger partial charge in [-0.15, -0.1) is 0 Å². The second-order valence-corrected chi connectivity index (χ2v) is 8.46. The number of anilines is 1.